The van der Waals surface area contributed by atoms with Crippen molar-refractivity contribution in [3.8, 4) is 0 Å². The second kappa shape index (κ2) is 9.83. The minimum atomic E-state index is -0.253. The van der Waals surface area contributed by atoms with Crippen LogP contribution in [0.5, 0.6) is 0 Å². The van der Waals surface area contributed by atoms with Gasteiger partial charge in [0.2, 0.25) is 11.1 Å². The van der Waals surface area contributed by atoms with Gasteiger partial charge in [0.05, 0.1) is 17.0 Å². The van der Waals surface area contributed by atoms with E-state index in [-0.39, 0.29) is 17.6 Å². The molecule has 0 unspecified atom stereocenters. The number of para-hydroxylation sites is 1. The van der Waals surface area contributed by atoms with Gasteiger partial charge in [0.15, 0.2) is 0 Å². The van der Waals surface area contributed by atoms with Crippen molar-refractivity contribution in [1.82, 2.24) is 24.9 Å². The fraction of sp³-hybridized carbons (Fsp3) is 0.208. The van der Waals surface area contributed by atoms with E-state index in [1.165, 1.54) is 11.8 Å². The molecule has 0 saturated carbocycles. The summed E-state index contributed by atoms with van der Waals surface area (Å²) >= 11 is 1.22. The standard InChI is InChI=1S/C24H24N6O2S/c1-15-16(2)26-23-28-24(29-30(23)17(15)3)33-14-21(31)27-20-12-8-7-11-19(20)22(32)25-13-18-9-5-4-6-10-18/h4-12H,13-14H2,1-3H3,(H,25,32)(H,27,31). The Morgan fingerprint density at radius 2 is 1.70 bits per heavy atom. The summed E-state index contributed by atoms with van der Waals surface area (Å²) in [5, 5.41) is 10.6. The maximum Gasteiger partial charge on any atom is 0.253 e. The molecule has 2 N–H and O–H groups in total. The van der Waals surface area contributed by atoms with Crippen LogP contribution in [0.25, 0.3) is 5.78 Å². The van der Waals surface area contributed by atoms with E-state index < -0.39 is 0 Å². The lowest BCUT2D eigenvalue weighted by Crippen LogP contribution is -2.25. The highest BCUT2D eigenvalue weighted by atomic mass is 32.2. The maximum atomic E-state index is 12.7. The van der Waals surface area contributed by atoms with Crippen molar-refractivity contribution >= 4 is 35.0 Å². The molecule has 2 amide bonds. The van der Waals surface area contributed by atoms with Crippen molar-refractivity contribution in [2.24, 2.45) is 0 Å². The Balaban J connectivity index is 1.39. The van der Waals surface area contributed by atoms with Crippen LogP contribution in [0.4, 0.5) is 5.69 Å². The Hall–Kier alpha value is -3.72. The van der Waals surface area contributed by atoms with Gasteiger partial charge < -0.3 is 10.6 Å². The molecule has 0 bridgehead atoms. The summed E-state index contributed by atoms with van der Waals surface area (Å²) in [7, 11) is 0. The lowest BCUT2D eigenvalue weighted by molar-refractivity contribution is -0.113. The molecule has 2 aromatic carbocycles. The molecule has 0 aliphatic rings. The molecule has 0 aliphatic heterocycles. The maximum absolute atomic E-state index is 12.7. The first kappa shape index (κ1) is 22.5. The number of hydrogen-bond acceptors (Lipinski definition) is 6. The third-order valence-corrected chi connectivity index (χ3v) is 6.15. The van der Waals surface area contributed by atoms with E-state index in [1.54, 1.807) is 28.8 Å². The predicted molar refractivity (Wildman–Crippen MR) is 128 cm³/mol. The van der Waals surface area contributed by atoms with E-state index in [2.05, 4.69) is 25.7 Å². The molecule has 9 heteroatoms. The molecule has 0 fully saturated rings. The highest BCUT2D eigenvalue weighted by molar-refractivity contribution is 7.99. The van der Waals surface area contributed by atoms with Crippen LogP contribution in [0, 0.1) is 20.8 Å². The van der Waals surface area contributed by atoms with Gasteiger partial charge in [-0.1, -0.05) is 54.2 Å². The van der Waals surface area contributed by atoms with Crippen LogP contribution in [-0.2, 0) is 11.3 Å². The number of rotatable bonds is 7. The molecule has 0 atom stereocenters. The fourth-order valence-corrected chi connectivity index (χ4v) is 3.90. The Kier molecular flexibility index (Phi) is 6.69. The quantitative estimate of drug-likeness (QED) is 0.408. The summed E-state index contributed by atoms with van der Waals surface area (Å²) in [5.74, 6) is 0.114. The molecule has 8 nitrogen and oxygen atoms in total. The van der Waals surface area contributed by atoms with E-state index in [0.717, 1.165) is 22.5 Å². The first-order valence-electron chi connectivity index (χ1n) is 10.5. The van der Waals surface area contributed by atoms with E-state index >= 15 is 0 Å². The van der Waals surface area contributed by atoms with Gasteiger partial charge in [-0.05, 0) is 44.0 Å². The first-order valence-corrected chi connectivity index (χ1v) is 11.5. The van der Waals surface area contributed by atoms with Gasteiger partial charge in [0.25, 0.3) is 11.7 Å². The third-order valence-electron chi connectivity index (χ3n) is 5.32. The monoisotopic (exact) mass is 460 g/mol. The molecule has 2 aromatic heterocycles. The summed E-state index contributed by atoms with van der Waals surface area (Å²) in [4.78, 5) is 34.1. The van der Waals surface area contributed by atoms with Crippen molar-refractivity contribution in [2.45, 2.75) is 32.5 Å². The number of nitrogens with one attached hydrogen (secondary N) is 2. The summed E-state index contributed by atoms with van der Waals surface area (Å²) in [6, 6.07) is 16.6. The van der Waals surface area contributed by atoms with Crippen molar-refractivity contribution in [3.05, 3.63) is 82.7 Å². The van der Waals surface area contributed by atoms with Crippen LogP contribution >= 0.6 is 11.8 Å². The Morgan fingerprint density at radius 1 is 0.970 bits per heavy atom. The zero-order chi connectivity index (χ0) is 23.4. The Morgan fingerprint density at radius 3 is 2.48 bits per heavy atom. The molecule has 0 spiro atoms. The summed E-state index contributed by atoms with van der Waals surface area (Å²) in [5.41, 5.74) is 4.80. The number of amides is 2. The second-order valence-electron chi connectivity index (χ2n) is 7.56. The highest BCUT2D eigenvalue weighted by Crippen LogP contribution is 2.19. The fourth-order valence-electron chi connectivity index (χ4n) is 3.28. The average Bonchev–Trinajstić information content (AvgIpc) is 3.24. The number of anilines is 1. The number of hydrogen-bond donors (Lipinski definition) is 2. The molecule has 0 radical (unpaired) electrons. The largest absolute Gasteiger partial charge is 0.348 e. The van der Waals surface area contributed by atoms with Gasteiger partial charge in [0.1, 0.15) is 0 Å². The summed E-state index contributed by atoms with van der Waals surface area (Å²) < 4.78 is 1.69. The van der Waals surface area contributed by atoms with E-state index in [1.807, 2.05) is 51.1 Å². The molecule has 33 heavy (non-hydrogen) atoms. The molecular formula is C24H24N6O2S. The van der Waals surface area contributed by atoms with Gasteiger partial charge in [0, 0.05) is 17.9 Å². The lowest BCUT2D eigenvalue weighted by atomic mass is 10.1. The number of carbonyl (C=O) groups is 2. The molecule has 0 aliphatic carbocycles. The molecule has 168 valence electrons. The Labute approximate surface area is 195 Å². The van der Waals surface area contributed by atoms with Gasteiger partial charge >= 0.3 is 0 Å². The zero-order valence-electron chi connectivity index (χ0n) is 18.6. The van der Waals surface area contributed by atoms with Crippen LogP contribution in [0.3, 0.4) is 0 Å². The van der Waals surface area contributed by atoms with Crippen LogP contribution in [0.1, 0.15) is 32.9 Å². The van der Waals surface area contributed by atoms with Gasteiger partial charge in [-0.2, -0.15) is 4.98 Å². The van der Waals surface area contributed by atoms with E-state index in [9.17, 15) is 9.59 Å². The molecule has 4 aromatic rings. The SMILES string of the molecule is Cc1nc2nc(SCC(=O)Nc3ccccc3C(=O)NCc3ccccc3)nn2c(C)c1C. The Bertz CT molecular complexity index is 1320. The van der Waals surface area contributed by atoms with Crippen molar-refractivity contribution in [2.75, 3.05) is 11.1 Å². The highest BCUT2D eigenvalue weighted by Gasteiger charge is 2.15. The summed E-state index contributed by atoms with van der Waals surface area (Å²) in [6.45, 7) is 6.30. The number of aromatic nitrogens is 4. The second-order valence-corrected chi connectivity index (χ2v) is 8.51. The smallest absolute Gasteiger partial charge is 0.253 e. The van der Waals surface area contributed by atoms with Crippen LogP contribution in [0.2, 0.25) is 0 Å². The number of aryl methyl sites for hydroxylation is 2. The van der Waals surface area contributed by atoms with Crippen molar-refractivity contribution in [1.29, 1.82) is 0 Å². The number of carbonyl (C=O) groups excluding carboxylic acids is 2. The van der Waals surface area contributed by atoms with Crippen molar-refractivity contribution in [3.63, 3.8) is 0 Å². The van der Waals surface area contributed by atoms with Crippen molar-refractivity contribution < 1.29 is 9.59 Å². The van der Waals surface area contributed by atoms with Gasteiger partial charge in [-0.25, -0.2) is 9.50 Å². The normalized spacial score (nSPS) is 10.9. The van der Waals surface area contributed by atoms with E-state index in [4.69, 9.17) is 0 Å². The first-order chi connectivity index (χ1) is 15.9. The number of fused-ring (bicyclic) bond motifs is 1. The minimum absolute atomic E-state index is 0.105. The third kappa shape index (κ3) is 5.20. The molecular weight excluding hydrogens is 436 g/mol. The summed E-state index contributed by atoms with van der Waals surface area (Å²) in [6.07, 6.45) is 0. The molecule has 2 heterocycles. The van der Waals surface area contributed by atoms with Crippen LogP contribution in [-0.4, -0.2) is 37.1 Å². The van der Waals surface area contributed by atoms with E-state index in [0.29, 0.717) is 28.7 Å². The predicted octanol–water partition coefficient (Wildman–Crippen LogP) is 3.71. The zero-order valence-corrected chi connectivity index (χ0v) is 19.4. The van der Waals surface area contributed by atoms with Gasteiger partial charge in [-0.15, -0.1) is 5.10 Å². The minimum Gasteiger partial charge on any atom is -0.348 e. The average molecular weight is 461 g/mol. The topological polar surface area (TPSA) is 101 Å². The number of nitrogens with zero attached hydrogens (tertiary/aromatic N) is 4. The molecule has 0 saturated heterocycles. The van der Waals surface area contributed by atoms with Gasteiger partial charge in [-0.3, -0.25) is 9.59 Å². The lowest BCUT2D eigenvalue weighted by Gasteiger charge is -2.11. The molecule has 4 rings (SSSR count). The van der Waals surface area contributed by atoms with Crippen LogP contribution < -0.4 is 10.6 Å². The van der Waals surface area contributed by atoms with Crippen LogP contribution in [0.15, 0.2) is 59.8 Å². The number of thioether (sulfide) groups is 1. The number of benzene rings is 2.